The number of aryl methyl sites for hydroxylation is 2. The van der Waals surface area contributed by atoms with Gasteiger partial charge in [-0.15, -0.1) is 0 Å². The number of anilines is 1. The Hall–Kier alpha value is -3.48. The molecule has 4 rings (SSSR count). The Kier molecular flexibility index (Phi) is 3.76. The van der Waals surface area contributed by atoms with Crippen LogP contribution in [-0.4, -0.2) is 20.7 Å². The van der Waals surface area contributed by atoms with E-state index in [9.17, 15) is 9.59 Å². The number of benzene rings is 1. The molecule has 1 amide bonds. The Bertz CT molecular complexity index is 1210. The van der Waals surface area contributed by atoms with Crippen molar-refractivity contribution in [3.63, 3.8) is 0 Å². The summed E-state index contributed by atoms with van der Waals surface area (Å²) in [5, 5.41) is 8.09. The van der Waals surface area contributed by atoms with Crippen LogP contribution in [0.15, 0.2) is 51.9 Å². The van der Waals surface area contributed by atoms with Gasteiger partial charge in [-0.2, -0.15) is 5.10 Å². The minimum atomic E-state index is -0.469. The first-order valence-electron chi connectivity index (χ1n) is 8.13. The standard InChI is InChI=1S/C19H16N4O3/c1-11-5-6-15-13(8-11)17-14(19(25)26-15)9-21-23(17)10-16(24)22-18-12(2)4-3-7-20-18/h3-9H,10H2,1-2H3,(H,20,22,24). The van der Waals surface area contributed by atoms with E-state index >= 15 is 0 Å². The molecule has 1 N–H and O–H groups in total. The van der Waals surface area contributed by atoms with Gasteiger partial charge in [-0.25, -0.2) is 9.78 Å². The Morgan fingerprint density at radius 1 is 1.23 bits per heavy atom. The normalized spacial score (nSPS) is 11.2. The number of pyridine rings is 1. The Morgan fingerprint density at radius 3 is 2.88 bits per heavy atom. The van der Waals surface area contributed by atoms with Gasteiger partial charge in [-0.1, -0.05) is 17.7 Å². The summed E-state index contributed by atoms with van der Waals surface area (Å²) in [7, 11) is 0. The molecule has 130 valence electrons. The van der Waals surface area contributed by atoms with Crippen LogP contribution in [0.2, 0.25) is 0 Å². The highest BCUT2D eigenvalue weighted by Crippen LogP contribution is 2.23. The quantitative estimate of drug-likeness (QED) is 0.575. The van der Waals surface area contributed by atoms with Gasteiger partial charge >= 0.3 is 5.63 Å². The fraction of sp³-hybridized carbons (Fsp3) is 0.158. The third-order valence-electron chi connectivity index (χ3n) is 4.21. The van der Waals surface area contributed by atoms with Crippen LogP contribution in [0.3, 0.4) is 0 Å². The van der Waals surface area contributed by atoms with E-state index in [0.29, 0.717) is 22.3 Å². The maximum Gasteiger partial charge on any atom is 0.347 e. The van der Waals surface area contributed by atoms with E-state index in [1.807, 2.05) is 32.0 Å². The molecule has 0 aliphatic rings. The molecule has 3 aromatic heterocycles. The second-order valence-electron chi connectivity index (χ2n) is 6.17. The van der Waals surface area contributed by atoms with Crippen LogP contribution in [0.5, 0.6) is 0 Å². The molecule has 0 saturated carbocycles. The zero-order valence-electron chi connectivity index (χ0n) is 14.3. The van der Waals surface area contributed by atoms with Crippen LogP contribution in [0, 0.1) is 13.8 Å². The number of nitrogens with one attached hydrogen (secondary N) is 1. The maximum absolute atomic E-state index is 12.5. The van der Waals surface area contributed by atoms with Crippen molar-refractivity contribution >= 4 is 33.6 Å². The third kappa shape index (κ3) is 2.73. The summed E-state index contributed by atoms with van der Waals surface area (Å²) in [6.45, 7) is 3.78. The number of hydrogen-bond acceptors (Lipinski definition) is 5. The first-order valence-corrected chi connectivity index (χ1v) is 8.13. The highest BCUT2D eigenvalue weighted by Gasteiger charge is 2.16. The van der Waals surface area contributed by atoms with Gasteiger partial charge in [0, 0.05) is 11.6 Å². The van der Waals surface area contributed by atoms with Crippen molar-refractivity contribution in [3.05, 3.63) is 64.3 Å². The lowest BCUT2D eigenvalue weighted by atomic mass is 10.1. The molecule has 4 aromatic rings. The van der Waals surface area contributed by atoms with Crippen molar-refractivity contribution in [3.8, 4) is 0 Å². The topological polar surface area (TPSA) is 90.0 Å². The molecule has 1 aromatic carbocycles. The Labute approximate surface area is 148 Å². The molecule has 0 aliphatic heterocycles. The average molecular weight is 348 g/mol. The van der Waals surface area contributed by atoms with E-state index in [-0.39, 0.29) is 12.5 Å². The monoisotopic (exact) mass is 348 g/mol. The lowest BCUT2D eigenvalue weighted by Gasteiger charge is -2.08. The highest BCUT2D eigenvalue weighted by molar-refractivity contribution is 6.03. The summed E-state index contributed by atoms with van der Waals surface area (Å²) in [4.78, 5) is 28.8. The highest BCUT2D eigenvalue weighted by atomic mass is 16.4. The summed E-state index contributed by atoms with van der Waals surface area (Å²) in [5.74, 6) is 0.236. The number of carbonyl (C=O) groups excluding carboxylic acids is 1. The first kappa shape index (κ1) is 16.0. The summed E-state index contributed by atoms with van der Waals surface area (Å²) in [6.07, 6.45) is 3.05. The molecule has 0 saturated heterocycles. The predicted molar refractivity (Wildman–Crippen MR) is 98.1 cm³/mol. The van der Waals surface area contributed by atoms with Crippen LogP contribution in [0.1, 0.15) is 11.1 Å². The Morgan fingerprint density at radius 2 is 2.08 bits per heavy atom. The summed E-state index contributed by atoms with van der Waals surface area (Å²) in [5.41, 5.74) is 2.48. The molecule has 3 heterocycles. The van der Waals surface area contributed by atoms with Crippen LogP contribution in [0.4, 0.5) is 5.82 Å². The van der Waals surface area contributed by atoms with E-state index in [2.05, 4.69) is 15.4 Å². The van der Waals surface area contributed by atoms with Crippen molar-refractivity contribution in [2.75, 3.05) is 5.32 Å². The molecule has 0 fully saturated rings. The van der Waals surface area contributed by atoms with E-state index in [4.69, 9.17) is 4.42 Å². The van der Waals surface area contributed by atoms with Crippen molar-refractivity contribution in [2.45, 2.75) is 20.4 Å². The SMILES string of the molecule is Cc1ccc2oc(=O)c3cnn(CC(=O)Nc4ncccc4C)c3c2c1. The zero-order valence-corrected chi connectivity index (χ0v) is 14.3. The van der Waals surface area contributed by atoms with Crippen LogP contribution in [-0.2, 0) is 11.3 Å². The largest absolute Gasteiger partial charge is 0.422 e. The number of hydrogen-bond donors (Lipinski definition) is 1. The molecule has 0 radical (unpaired) electrons. The number of aromatic nitrogens is 3. The number of nitrogens with zero attached hydrogens (tertiary/aromatic N) is 3. The fourth-order valence-corrected chi connectivity index (χ4v) is 2.94. The van der Waals surface area contributed by atoms with Gasteiger partial charge in [-0.05, 0) is 37.6 Å². The molecule has 0 aliphatic carbocycles. The van der Waals surface area contributed by atoms with Crippen molar-refractivity contribution in [1.82, 2.24) is 14.8 Å². The van der Waals surface area contributed by atoms with E-state index in [1.165, 1.54) is 10.9 Å². The van der Waals surface area contributed by atoms with Crippen LogP contribution >= 0.6 is 0 Å². The Balaban J connectivity index is 1.76. The van der Waals surface area contributed by atoms with Crippen molar-refractivity contribution in [1.29, 1.82) is 0 Å². The van der Waals surface area contributed by atoms with Crippen LogP contribution in [0.25, 0.3) is 21.9 Å². The number of fused-ring (bicyclic) bond motifs is 3. The first-order chi connectivity index (χ1) is 12.5. The molecular formula is C19H16N4O3. The predicted octanol–water partition coefficient (Wildman–Crippen LogP) is 2.79. The second kappa shape index (κ2) is 6.11. The summed E-state index contributed by atoms with van der Waals surface area (Å²) in [6, 6.07) is 9.21. The number of carbonyl (C=O) groups is 1. The van der Waals surface area contributed by atoms with Gasteiger partial charge in [0.05, 0.1) is 11.7 Å². The molecular weight excluding hydrogens is 332 g/mol. The smallest absolute Gasteiger partial charge is 0.347 e. The zero-order chi connectivity index (χ0) is 18.3. The van der Waals surface area contributed by atoms with E-state index < -0.39 is 5.63 Å². The number of amides is 1. The van der Waals surface area contributed by atoms with Gasteiger partial charge in [0.15, 0.2) is 0 Å². The summed E-state index contributed by atoms with van der Waals surface area (Å²) < 4.78 is 6.86. The molecule has 0 unspecified atom stereocenters. The molecule has 7 heteroatoms. The molecule has 0 bridgehead atoms. The van der Waals surface area contributed by atoms with Crippen molar-refractivity contribution in [2.24, 2.45) is 0 Å². The molecule has 7 nitrogen and oxygen atoms in total. The van der Waals surface area contributed by atoms with E-state index in [0.717, 1.165) is 16.5 Å². The lowest BCUT2D eigenvalue weighted by Crippen LogP contribution is -2.20. The molecule has 26 heavy (non-hydrogen) atoms. The van der Waals surface area contributed by atoms with E-state index in [1.54, 1.807) is 18.3 Å². The lowest BCUT2D eigenvalue weighted by molar-refractivity contribution is -0.116. The van der Waals surface area contributed by atoms with Gasteiger partial charge in [0.25, 0.3) is 0 Å². The third-order valence-corrected chi connectivity index (χ3v) is 4.21. The molecule has 0 atom stereocenters. The maximum atomic E-state index is 12.5. The number of rotatable bonds is 3. The second-order valence-corrected chi connectivity index (χ2v) is 6.17. The minimum Gasteiger partial charge on any atom is -0.422 e. The fourth-order valence-electron chi connectivity index (χ4n) is 2.94. The molecule has 0 spiro atoms. The van der Waals surface area contributed by atoms with Gasteiger partial charge in [0.1, 0.15) is 23.3 Å². The average Bonchev–Trinajstić information content (AvgIpc) is 3.02. The van der Waals surface area contributed by atoms with Gasteiger partial charge < -0.3 is 9.73 Å². The van der Waals surface area contributed by atoms with Gasteiger partial charge in [-0.3, -0.25) is 9.48 Å². The van der Waals surface area contributed by atoms with Crippen molar-refractivity contribution < 1.29 is 9.21 Å². The van der Waals surface area contributed by atoms with Gasteiger partial charge in [0.2, 0.25) is 5.91 Å². The minimum absolute atomic E-state index is 0.0357. The van der Waals surface area contributed by atoms with Crippen LogP contribution < -0.4 is 10.9 Å². The summed E-state index contributed by atoms with van der Waals surface area (Å²) >= 11 is 0.